The molecule has 0 bridgehead atoms. The molecule has 3 aromatic heterocycles. The monoisotopic (exact) mass is 564 g/mol. The SMILES string of the molecule is CCc1c(-c2ccc(-n3c(C)nn(C)c3=O)cc2)nc2cc(C(F)(F)F)nc(C(=O)Nc3cccc(C(N)=O)c3)n12. The number of hydrogen-bond donors (Lipinski definition) is 2. The van der Waals surface area contributed by atoms with Crippen molar-refractivity contribution in [1.82, 2.24) is 28.7 Å². The van der Waals surface area contributed by atoms with Gasteiger partial charge in [0, 0.05) is 29.9 Å². The fraction of sp³-hybridized carbons (Fsp3) is 0.185. The van der Waals surface area contributed by atoms with Gasteiger partial charge in [-0.1, -0.05) is 25.1 Å². The highest BCUT2D eigenvalue weighted by molar-refractivity contribution is 6.03. The Morgan fingerprint density at radius 3 is 2.34 bits per heavy atom. The smallest absolute Gasteiger partial charge is 0.366 e. The summed E-state index contributed by atoms with van der Waals surface area (Å²) in [6.45, 7) is 3.46. The Morgan fingerprint density at radius 2 is 1.76 bits per heavy atom. The van der Waals surface area contributed by atoms with Crippen molar-refractivity contribution < 1.29 is 22.8 Å². The molecule has 3 N–H and O–H groups in total. The van der Waals surface area contributed by atoms with Gasteiger partial charge in [0.05, 0.1) is 17.1 Å². The second-order valence-electron chi connectivity index (χ2n) is 9.15. The van der Waals surface area contributed by atoms with E-state index < -0.39 is 29.5 Å². The molecule has 0 aliphatic heterocycles. The molecular weight excluding hydrogens is 541 g/mol. The van der Waals surface area contributed by atoms with Crippen LogP contribution in [0.15, 0.2) is 59.4 Å². The van der Waals surface area contributed by atoms with E-state index in [2.05, 4.69) is 20.4 Å². The first kappa shape index (κ1) is 27.3. The average Bonchev–Trinajstić information content (AvgIpc) is 3.43. The van der Waals surface area contributed by atoms with Crippen LogP contribution >= 0.6 is 0 Å². The summed E-state index contributed by atoms with van der Waals surface area (Å²) in [5, 5.41) is 6.61. The van der Waals surface area contributed by atoms with Crippen LogP contribution < -0.4 is 16.7 Å². The van der Waals surface area contributed by atoms with E-state index in [4.69, 9.17) is 5.73 Å². The van der Waals surface area contributed by atoms with E-state index in [0.29, 0.717) is 34.9 Å². The molecule has 0 radical (unpaired) electrons. The van der Waals surface area contributed by atoms with Crippen molar-refractivity contribution in [2.45, 2.75) is 26.4 Å². The van der Waals surface area contributed by atoms with Gasteiger partial charge in [0.15, 0.2) is 5.69 Å². The molecule has 210 valence electrons. The van der Waals surface area contributed by atoms with Gasteiger partial charge in [-0.25, -0.2) is 24.0 Å². The highest BCUT2D eigenvalue weighted by atomic mass is 19.4. The number of alkyl halides is 3. The van der Waals surface area contributed by atoms with E-state index in [1.165, 1.54) is 45.0 Å². The second-order valence-corrected chi connectivity index (χ2v) is 9.15. The first-order chi connectivity index (χ1) is 19.4. The van der Waals surface area contributed by atoms with Crippen LogP contribution in [0.3, 0.4) is 0 Å². The quantitative estimate of drug-likeness (QED) is 0.323. The molecule has 0 aliphatic carbocycles. The molecule has 0 unspecified atom stereocenters. The van der Waals surface area contributed by atoms with E-state index in [9.17, 15) is 27.6 Å². The van der Waals surface area contributed by atoms with Gasteiger partial charge in [-0.2, -0.15) is 18.3 Å². The second kappa shape index (κ2) is 10.0. The maximum atomic E-state index is 13.8. The molecule has 2 aromatic carbocycles. The van der Waals surface area contributed by atoms with E-state index in [1.54, 1.807) is 38.1 Å². The number of primary amides is 1. The first-order valence-corrected chi connectivity index (χ1v) is 12.3. The Morgan fingerprint density at radius 1 is 1.05 bits per heavy atom. The average molecular weight is 565 g/mol. The minimum atomic E-state index is -4.85. The molecule has 5 aromatic rings. The van der Waals surface area contributed by atoms with Crippen LogP contribution in [0.2, 0.25) is 0 Å². The summed E-state index contributed by atoms with van der Waals surface area (Å²) in [5.41, 5.74) is 5.70. The summed E-state index contributed by atoms with van der Waals surface area (Å²) in [5.74, 6) is -1.73. The van der Waals surface area contributed by atoms with Crippen molar-refractivity contribution in [2.24, 2.45) is 12.8 Å². The number of rotatable bonds is 6. The zero-order chi connectivity index (χ0) is 29.6. The molecule has 0 saturated heterocycles. The van der Waals surface area contributed by atoms with Crippen molar-refractivity contribution in [3.8, 4) is 16.9 Å². The fourth-order valence-corrected chi connectivity index (χ4v) is 4.57. The number of nitrogens with one attached hydrogen (secondary N) is 1. The van der Waals surface area contributed by atoms with Crippen molar-refractivity contribution in [3.05, 3.63) is 93.7 Å². The molecule has 0 fully saturated rings. The summed E-state index contributed by atoms with van der Waals surface area (Å²) in [6, 6.07) is 13.2. The Labute approximate surface area is 230 Å². The fourth-order valence-electron chi connectivity index (χ4n) is 4.57. The number of halogens is 3. The number of carbonyl (C=O) groups excluding carboxylic acids is 2. The molecular formula is C27H23F3N8O3. The third kappa shape index (κ3) is 4.95. The van der Waals surface area contributed by atoms with Crippen LogP contribution in [-0.4, -0.2) is 40.5 Å². The maximum absolute atomic E-state index is 13.8. The number of nitrogens with zero attached hydrogens (tertiary/aromatic N) is 6. The largest absolute Gasteiger partial charge is 0.433 e. The van der Waals surface area contributed by atoms with E-state index in [-0.39, 0.29) is 22.6 Å². The van der Waals surface area contributed by atoms with Crippen molar-refractivity contribution >= 4 is 23.1 Å². The summed E-state index contributed by atoms with van der Waals surface area (Å²) in [6.07, 6.45) is -4.55. The highest BCUT2D eigenvalue weighted by Gasteiger charge is 2.35. The van der Waals surface area contributed by atoms with Crippen LogP contribution in [0.25, 0.3) is 22.6 Å². The zero-order valence-corrected chi connectivity index (χ0v) is 22.0. The topological polar surface area (TPSA) is 142 Å². The summed E-state index contributed by atoms with van der Waals surface area (Å²) >= 11 is 0. The lowest BCUT2D eigenvalue weighted by atomic mass is 10.1. The summed E-state index contributed by atoms with van der Waals surface area (Å²) in [7, 11) is 1.54. The van der Waals surface area contributed by atoms with Crippen LogP contribution in [0, 0.1) is 6.92 Å². The van der Waals surface area contributed by atoms with Gasteiger partial charge in [0.25, 0.3) is 5.91 Å². The number of benzene rings is 2. The standard InChI is InChI=1S/C27H23F3N8O3/c1-4-19-22(15-8-10-18(11-9-15)37-14(2)35-36(3)26(37)41)34-21-13-20(27(28,29)30)33-24(38(19)21)25(40)32-17-7-5-6-16(12-17)23(31)39/h5-13H,4H2,1-3H3,(H2,31,39)(H,32,40). The summed E-state index contributed by atoms with van der Waals surface area (Å²) < 4.78 is 45.3. The van der Waals surface area contributed by atoms with Gasteiger partial charge >= 0.3 is 11.9 Å². The molecule has 41 heavy (non-hydrogen) atoms. The Bertz CT molecular complexity index is 1890. The van der Waals surface area contributed by atoms with Gasteiger partial charge in [0.2, 0.25) is 11.7 Å². The van der Waals surface area contributed by atoms with Crippen molar-refractivity contribution in [2.75, 3.05) is 5.32 Å². The van der Waals surface area contributed by atoms with Gasteiger partial charge < -0.3 is 11.1 Å². The maximum Gasteiger partial charge on any atom is 0.433 e. The zero-order valence-electron chi connectivity index (χ0n) is 22.0. The Balaban J connectivity index is 1.63. The van der Waals surface area contributed by atoms with Gasteiger partial charge in [0.1, 0.15) is 11.5 Å². The number of carbonyl (C=O) groups is 2. The predicted octanol–water partition coefficient (Wildman–Crippen LogP) is 3.52. The molecule has 0 aliphatic rings. The van der Waals surface area contributed by atoms with Crippen LogP contribution in [0.4, 0.5) is 18.9 Å². The molecule has 0 spiro atoms. The minimum Gasteiger partial charge on any atom is -0.366 e. The first-order valence-electron chi connectivity index (χ1n) is 12.3. The molecule has 5 rings (SSSR count). The van der Waals surface area contributed by atoms with Gasteiger partial charge in [-0.15, -0.1) is 0 Å². The number of nitrogens with two attached hydrogens (primary N) is 1. The van der Waals surface area contributed by atoms with E-state index in [1.807, 2.05) is 0 Å². The highest BCUT2D eigenvalue weighted by Crippen LogP contribution is 2.32. The van der Waals surface area contributed by atoms with Crippen molar-refractivity contribution in [1.29, 1.82) is 0 Å². The number of aromatic nitrogens is 6. The number of amides is 2. The van der Waals surface area contributed by atoms with Crippen LogP contribution in [-0.2, 0) is 19.6 Å². The lowest BCUT2D eigenvalue weighted by molar-refractivity contribution is -0.141. The predicted molar refractivity (Wildman–Crippen MR) is 143 cm³/mol. The van der Waals surface area contributed by atoms with Crippen molar-refractivity contribution in [3.63, 3.8) is 0 Å². The third-order valence-electron chi connectivity index (χ3n) is 6.42. The number of hydrogen-bond acceptors (Lipinski definition) is 6. The molecule has 0 saturated carbocycles. The number of fused-ring (bicyclic) bond motifs is 1. The lowest BCUT2D eigenvalue weighted by Gasteiger charge is -2.13. The number of imidazole rings is 1. The molecule has 14 heteroatoms. The van der Waals surface area contributed by atoms with Crippen LogP contribution in [0.5, 0.6) is 0 Å². The third-order valence-corrected chi connectivity index (χ3v) is 6.42. The normalized spacial score (nSPS) is 11.7. The minimum absolute atomic E-state index is 0.108. The summed E-state index contributed by atoms with van der Waals surface area (Å²) in [4.78, 5) is 45.4. The van der Waals surface area contributed by atoms with Gasteiger partial charge in [-0.3, -0.25) is 14.0 Å². The molecule has 11 nitrogen and oxygen atoms in total. The molecule has 0 atom stereocenters. The van der Waals surface area contributed by atoms with E-state index in [0.717, 1.165) is 6.07 Å². The Kier molecular flexibility index (Phi) is 6.69. The molecule has 2 amide bonds. The lowest BCUT2D eigenvalue weighted by Crippen LogP contribution is -2.22. The Hall–Kier alpha value is -5.27. The van der Waals surface area contributed by atoms with E-state index >= 15 is 0 Å². The van der Waals surface area contributed by atoms with Crippen LogP contribution in [0.1, 0.15) is 45.1 Å². The number of aryl methyl sites for hydroxylation is 3. The molecule has 3 heterocycles. The number of anilines is 1. The van der Waals surface area contributed by atoms with Gasteiger partial charge in [-0.05, 0) is 43.7 Å².